The van der Waals surface area contributed by atoms with Gasteiger partial charge in [0.2, 0.25) is 5.91 Å². The highest BCUT2D eigenvalue weighted by Gasteiger charge is 2.33. The summed E-state index contributed by atoms with van der Waals surface area (Å²) in [5, 5.41) is 6.89. The molecule has 1 aliphatic heterocycles. The molecule has 1 aliphatic rings. The highest BCUT2D eigenvalue weighted by molar-refractivity contribution is 5.79. The van der Waals surface area contributed by atoms with Gasteiger partial charge in [0.1, 0.15) is 5.76 Å². The molecule has 4 rings (SSSR count). The lowest BCUT2D eigenvalue weighted by Gasteiger charge is -2.38. The summed E-state index contributed by atoms with van der Waals surface area (Å²) in [7, 11) is 0. The molecule has 0 saturated carbocycles. The number of likely N-dealkylation sites (tertiary alicyclic amines) is 1. The van der Waals surface area contributed by atoms with Gasteiger partial charge in [-0.3, -0.25) is 9.89 Å². The lowest BCUT2D eigenvalue weighted by molar-refractivity contribution is -0.135. The predicted octanol–water partition coefficient (Wildman–Crippen LogP) is 2.13. The van der Waals surface area contributed by atoms with E-state index >= 15 is 0 Å². The first-order valence-electron chi connectivity index (χ1n) is 7.48. The fourth-order valence-electron chi connectivity index (χ4n) is 2.73. The quantitative estimate of drug-likeness (QED) is 0.797. The third-order valence-corrected chi connectivity index (χ3v) is 4.14. The smallest absolute Gasteiger partial charge is 0.263 e. The van der Waals surface area contributed by atoms with Crippen LogP contribution >= 0.6 is 0 Å². The molecule has 1 amide bonds. The van der Waals surface area contributed by atoms with Crippen LogP contribution in [0.15, 0.2) is 39.5 Å². The van der Waals surface area contributed by atoms with Crippen molar-refractivity contribution >= 4 is 5.91 Å². The lowest BCUT2D eigenvalue weighted by Crippen LogP contribution is -2.49. The molecule has 0 aromatic carbocycles. The lowest BCUT2D eigenvalue weighted by atomic mass is 9.96. The molecule has 0 atom stereocenters. The standard InChI is InChI=1S/C16H16N4O3/c1-10-13(18-16(23-10)14-3-2-6-22-14)7-15(21)20-8-11(9-20)12-4-5-17-19-12/h2-6,11H,7-9H2,1H3,(H,17,19). The van der Waals surface area contributed by atoms with Gasteiger partial charge in [0.15, 0.2) is 5.76 Å². The number of hydrogen-bond donors (Lipinski definition) is 1. The van der Waals surface area contributed by atoms with Crippen molar-refractivity contribution < 1.29 is 13.6 Å². The fraction of sp³-hybridized carbons (Fsp3) is 0.312. The number of amides is 1. The molecule has 1 fully saturated rings. The number of aryl methyl sites for hydroxylation is 1. The van der Waals surface area contributed by atoms with E-state index in [0.29, 0.717) is 42.1 Å². The highest BCUT2D eigenvalue weighted by atomic mass is 16.4. The van der Waals surface area contributed by atoms with Crippen molar-refractivity contribution in [2.45, 2.75) is 19.3 Å². The zero-order chi connectivity index (χ0) is 15.8. The van der Waals surface area contributed by atoms with Crippen LogP contribution in [0.2, 0.25) is 0 Å². The van der Waals surface area contributed by atoms with Crippen LogP contribution in [0.3, 0.4) is 0 Å². The van der Waals surface area contributed by atoms with Gasteiger partial charge in [-0.15, -0.1) is 0 Å². The van der Waals surface area contributed by atoms with Gasteiger partial charge in [0.05, 0.1) is 18.4 Å². The molecule has 0 bridgehead atoms. The van der Waals surface area contributed by atoms with E-state index in [1.54, 1.807) is 24.6 Å². The first kappa shape index (κ1) is 13.8. The number of carbonyl (C=O) groups is 1. The molecule has 7 heteroatoms. The molecule has 3 aromatic rings. The Kier molecular flexibility index (Phi) is 3.25. The maximum absolute atomic E-state index is 12.4. The van der Waals surface area contributed by atoms with Gasteiger partial charge in [-0.1, -0.05) is 0 Å². The van der Waals surface area contributed by atoms with Gasteiger partial charge < -0.3 is 13.7 Å². The van der Waals surface area contributed by atoms with Crippen LogP contribution in [0.4, 0.5) is 0 Å². The van der Waals surface area contributed by atoms with Crippen molar-refractivity contribution in [2.24, 2.45) is 0 Å². The predicted molar refractivity (Wildman–Crippen MR) is 80.6 cm³/mol. The van der Waals surface area contributed by atoms with Gasteiger partial charge in [0.25, 0.3) is 5.89 Å². The fourth-order valence-corrected chi connectivity index (χ4v) is 2.73. The maximum atomic E-state index is 12.4. The number of aromatic amines is 1. The van der Waals surface area contributed by atoms with Crippen LogP contribution in [-0.4, -0.2) is 39.1 Å². The summed E-state index contributed by atoms with van der Waals surface area (Å²) < 4.78 is 10.8. The first-order valence-corrected chi connectivity index (χ1v) is 7.48. The molecule has 118 valence electrons. The minimum atomic E-state index is 0.0585. The van der Waals surface area contributed by atoms with E-state index in [4.69, 9.17) is 8.83 Å². The first-order chi connectivity index (χ1) is 11.2. The Labute approximate surface area is 132 Å². The summed E-state index contributed by atoms with van der Waals surface area (Å²) in [5.74, 6) is 2.03. The molecular weight excluding hydrogens is 296 g/mol. The Bertz CT molecular complexity index is 799. The second-order valence-corrected chi connectivity index (χ2v) is 5.68. The average Bonchev–Trinajstić information content (AvgIpc) is 3.20. The highest BCUT2D eigenvalue weighted by Crippen LogP contribution is 2.27. The molecule has 1 saturated heterocycles. The van der Waals surface area contributed by atoms with Crippen LogP contribution in [0, 0.1) is 6.92 Å². The minimum absolute atomic E-state index is 0.0585. The normalized spacial score (nSPS) is 14.9. The summed E-state index contributed by atoms with van der Waals surface area (Å²) in [6.07, 6.45) is 3.54. The van der Waals surface area contributed by atoms with Crippen molar-refractivity contribution in [3.05, 3.63) is 47.8 Å². The van der Waals surface area contributed by atoms with E-state index < -0.39 is 0 Å². The Balaban J connectivity index is 1.40. The molecule has 0 radical (unpaired) electrons. The monoisotopic (exact) mass is 312 g/mol. The van der Waals surface area contributed by atoms with Crippen LogP contribution in [0.1, 0.15) is 23.1 Å². The van der Waals surface area contributed by atoms with Crippen molar-refractivity contribution in [1.82, 2.24) is 20.1 Å². The van der Waals surface area contributed by atoms with Gasteiger partial charge in [-0.2, -0.15) is 5.10 Å². The largest absolute Gasteiger partial charge is 0.459 e. The zero-order valence-corrected chi connectivity index (χ0v) is 12.7. The Hall–Kier alpha value is -2.83. The van der Waals surface area contributed by atoms with E-state index in [1.165, 1.54) is 0 Å². The topological polar surface area (TPSA) is 88.2 Å². The van der Waals surface area contributed by atoms with Crippen LogP contribution < -0.4 is 0 Å². The third-order valence-electron chi connectivity index (χ3n) is 4.14. The van der Waals surface area contributed by atoms with Crippen molar-refractivity contribution in [2.75, 3.05) is 13.1 Å². The van der Waals surface area contributed by atoms with Gasteiger partial charge in [0, 0.05) is 30.9 Å². The van der Waals surface area contributed by atoms with Gasteiger partial charge in [-0.25, -0.2) is 4.98 Å². The minimum Gasteiger partial charge on any atom is -0.459 e. The van der Waals surface area contributed by atoms with Crippen LogP contribution in [0.5, 0.6) is 0 Å². The molecule has 23 heavy (non-hydrogen) atoms. The molecule has 7 nitrogen and oxygen atoms in total. The summed E-state index contributed by atoms with van der Waals surface area (Å²) in [5.41, 5.74) is 1.73. The number of aromatic nitrogens is 3. The number of furan rings is 1. The Morgan fingerprint density at radius 2 is 2.30 bits per heavy atom. The van der Waals surface area contributed by atoms with Crippen molar-refractivity contribution in [3.8, 4) is 11.7 Å². The number of hydrogen-bond acceptors (Lipinski definition) is 5. The average molecular weight is 312 g/mol. The number of nitrogens with zero attached hydrogens (tertiary/aromatic N) is 3. The summed E-state index contributed by atoms with van der Waals surface area (Å²) in [6.45, 7) is 3.23. The molecule has 0 spiro atoms. The maximum Gasteiger partial charge on any atom is 0.263 e. The molecule has 0 aliphatic carbocycles. The van der Waals surface area contributed by atoms with Crippen molar-refractivity contribution in [3.63, 3.8) is 0 Å². The van der Waals surface area contributed by atoms with Crippen LogP contribution in [-0.2, 0) is 11.2 Å². The second-order valence-electron chi connectivity index (χ2n) is 5.68. The molecule has 3 aromatic heterocycles. The number of oxazole rings is 1. The summed E-state index contributed by atoms with van der Waals surface area (Å²) >= 11 is 0. The molecule has 1 N–H and O–H groups in total. The summed E-state index contributed by atoms with van der Waals surface area (Å²) in [6, 6.07) is 5.50. The Morgan fingerprint density at radius 1 is 1.43 bits per heavy atom. The zero-order valence-electron chi connectivity index (χ0n) is 12.7. The second kappa shape index (κ2) is 5.42. The third kappa shape index (κ3) is 2.54. The van der Waals surface area contributed by atoms with E-state index in [1.807, 2.05) is 17.9 Å². The van der Waals surface area contributed by atoms with E-state index in [2.05, 4.69) is 15.2 Å². The number of H-pyrrole nitrogens is 1. The van der Waals surface area contributed by atoms with E-state index in [-0.39, 0.29) is 12.3 Å². The van der Waals surface area contributed by atoms with Gasteiger partial charge >= 0.3 is 0 Å². The molecule has 4 heterocycles. The number of nitrogens with one attached hydrogen (secondary N) is 1. The Morgan fingerprint density at radius 3 is 3.00 bits per heavy atom. The number of rotatable bonds is 4. The number of carbonyl (C=O) groups excluding carboxylic acids is 1. The summed E-state index contributed by atoms with van der Waals surface area (Å²) in [4.78, 5) is 18.6. The van der Waals surface area contributed by atoms with E-state index in [0.717, 1.165) is 5.69 Å². The van der Waals surface area contributed by atoms with Crippen LogP contribution in [0.25, 0.3) is 11.7 Å². The molecule has 0 unspecified atom stereocenters. The van der Waals surface area contributed by atoms with Crippen molar-refractivity contribution in [1.29, 1.82) is 0 Å². The van der Waals surface area contributed by atoms with Gasteiger partial charge in [-0.05, 0) is 25.1 Å². The SMILES string of the molecule is Cc1oc(-c2ccco2)nc1CC(=O)N1CC(c2ccn[nH]2)C1. The molecular formula is C16H16N4O3. The van der Waals surface area contributed by atoms with E-state index in [9.17, 15) is 4.79 Å².